The zero-order valence-corrected chi connectivity index (χ0v) is 14.5. The van der Waals surface area contributed by atoms with Crippen LogP contribution < -0.4 is 5.32 Å². The smallest absolute Gasteiger partial charge is 0.226 e. The number of nitrogens with zero attached hydrogens (tertiary/aromatic N) is 1. The van der Waals surface area contributed by atoms with E-state index in [1.54, 1.807) is 0 Å². The van der Waals surface area contributed by atoms with E-state index in [2.05, 4.69) is 35.1 Å². The van der Waals surface area contributed by atoms with Crippen LogP contribution in [0.15, 0.2) is 28.7 Å². The molecule has 21 heavy (non-hydrogen) atoms. The molecule has 0 saturated carbocycles. The van der Waals surface area contributed by atoms with Gasteiger partial charge in [-0.1, -0.05) is 41.9 Å². The summed E-state index contributed by atoms with van der Waals surface area (Å²) in [7, 11) is 0. The summed E-state index contributed by atoms with van der Waals surface area (Å²) in [5, 5.41) is 3.49. The number of amides is 1. The first kappa shape index (κ1) is 16.5. The summed E-state index contributed by atoms with van der Waals surface area (Å²) in [6.07, 6.45) is 2.85. The first-order chi connectivity index (χ1) is 10.0. The second-order valence-corrected chi connectivity index (χ2v) is 7.13. The molecule has 1 aliphatic rings. The highest BCUT2D eigenvalue weighted by Gasteiger charge is 2.23. The van der Waals surface area contributed by atoms with Crippen molar-refractivity contribution in [3.63, 3.8) is 0 Å². The molecule has 1 atom stereocenters. The molecule has 1 heterocycles. The van der Waals surface area contributed by atoms with E-state index >= 15 is 0 Å². The standard InChI is InChI=1S/C17H25BrN2O/c1-13(2)19-11-15-6-4-8-20(12-15)17(21)10-14-5-3-7-16(18)9-14/h3,5,7,9,13,15,19H,4,6,8,10-12H2,1-2H3. The zero-order valence-electron chi connectivity index (χ0n) is 12.9. The molecule has 0 bridgehead atoms. The molecule has 1 saturated heterocycles. The van der Waals surface area contributed by atoms with Gasteiger partial charge in [0, 0.05) is 23.6 Å². The summed E-state index contributed by atoms with van der Waals surface area (Å²) in [5.74, 6) is 0.843. The van der Waals surface area contributed by atoms with Crippen molar-refractivity contribution in [2.45, 2.75) is 39.2 Å². The van der Waals surface area contributed by atoms with Gasteiger partial charge in [-0.15, -0.1) is 0 Å². The first-order valence-electron chi connectivity index (χ1n) is 7.80. The first-order valence-corrected chi connectivity index (χ1v) is 8.59. The van der Waals surface area contributed by atoms with E-state index < -0.39 is 0 Å². The molecule has 0 aromatic heterocycles. The Bertz CT molecular complexity index is 476. The van der Waals surface area contributed by atoms with Crippen molar-refractivity contribution in [3.05, 3.63) is 34.3 Å². The summed E-state index contributed by atoms with van der Waals surface area (Å²) in [6, 6.07) is 8.53. The van der Waals surface area contributed by atoms with E-state index in [0.717, 1.165) is 36.1 Å². The molecule has 4 heteroatoms. The van der Waals surface area contributed by atoms with Crippen molar-refractivity contribution in [1.29, 1.82) is 0 Å². The second kappa shape index (κ2) is 7.95. The predicted octanol–water partition coefficient (Wildman–Crippen LogP) is 3.23. The third-order valence-electron chi connectivity index (χ3n) is 3.93. The Morgan fingerprint density at radius 3 is 3.00 bits per heavy atom. The van der Waals surface area contributed by atoms with E-state index in [-0.39, 0.29) is 5.91 Å². The average Bonchev–Trinajstić information content (AvgIpc) is 2.45. The Balaban J connectivity index is 1.87. The molecule has 3 nitrogen and oxygen atoms in total. The zero-order chi connectivity index (χ0) is 15.2. The topological polar surface area (TPSA) is 32.3 Å². The van der Waals surface area contributed by atoms with Crippen molar-refractivity contribution >= 4 is 21.8 Å². The number of halogens is 1. The Morgan fingerprint density at radius 1 is 1.48 bits per heavy atom. The quantitative estimate of drug-likeness (QED) is 0.882. The predicted molar refractivity (Wildman–Crippen MR) is 90.3 cm³/mol. The van der Waals surface area contributed by atoms with Gasteiger partial charge in [0.05, 0.1) is 6.42 Å². The maximum absolute atomic E-state index is 12.5. The van der Waals surface area contributed by atoms with Crippen LogP contribution in [0.4, 0.5) is 0 Å². The lowest BCUT2D eigenvalue weighted by Crippen LogP contribution is -2.44. The molecule has 1 aromatic carbocycles. The summed E-state index contributed by atoms with van der Waals surface area (Å²) in [6.45, 7) is 7.15. The Labute approximate surface area is 136 Å². The molecule has 0 radical (unpaired) electrons. The number of rotatable bonds is 5. The lowest BCUT2D eigenvalue weighted by molar-refractivity contribution is -0.132. The fourth-order valence-corrected chi connectivity index (χ4v) is 3.24. The van der Waals surface area contributed by atoms with Gasteiger partial charge in [-0.3, -0.25) is 4.79 Å². The molecule has 1 fully saturated rings. The van der Waals surface area contributed by atoms with Crippen LogP contribution in [0.1, 0.15) is 32.3 Å². The number of likely N-dealkylation sites (tertiary alicyclic amines) is 1. The Kier molecular flexibility index (Phi) is 6.24. The molecular weight excluding hydrogens is 328 g/mol. The summed E-state index contributed by atoms with van der Waals surface area (Å²) in [5.41, 5.74) is 1.08. The van der Waals surface area contributed by atoms with E-state index in [1.165, 1.54) is 6.42 Å². The van der Waals surface area contributed by atoms with E-state index in [1.807, 2.05) is 29.2 Å². The molecule has 0 aliphatic carbocycles. The largest absolute Gasteiger partial charge is 0.342 e. The maximum Gasteiger partial charge on any atom is 0.226 e. The van der Waals surface area contributed by atoms with Gasteiger partial charge >= 0.3 is 0 Å². The lowest BCUT2D eigenvalue weighted by atomic mass is 9.97. The third-order valence-corrected chi connectivity index (χ3v) is 4.42. The van der Waals surface area contributed by atoms with Crippen molar-refractivity contribution in [2.24, 2.45) is 5.92 Å². The van der Waals surface area contributed by atoms with Crippen LogP contribution in [0.5, 0.6) is 0 Å². The third kappa shape index (κ3) is 5.44. The average molecular weight is 353 g/mol. The van der Waals surface area contributed by atoms with Gasteiger partial charge in [0.25, 0.3) is 0 Å². The van der Waals surface area contributed by atoms with Crippen molar-refractivity contribution < 1.29 is 4.79 Å². The molecule has 116 valence electrons. The second-order valence-electron chi connectivity index (χ2n) is 6.22. The van der Waals surface area contributed by atoms with Gasteiger partial charge in [-0.05, 0) is 43.0 Å². The maximum atomic E-state index is 12.5. The van der Waals surface area contributed by atoms with Crippen LogP contribution >= 0.6 is 15.9 Å². The fourth-order valence-electron chi connectivity index (χ4n) is 2.79. The van der Waals surface area contributed by atoms with Crippen LogP contribution in [0.2, 0.25) is 0 Å². The number of hydrogen-bond acceptors (Lipinski definition) is 2. The molecule has 1 aliphatic heterocycles. The van der Waals surface area contributed by atoms with Gasteiger partial charge in [0.2, 0.25) is 5.91 Å². The van der Waals surface area contributed by atoms with E-state index in [4.69, 9.17) is 0 Å². The van der Waals surface area contributed by atoms with Gasteiger partial charge in [0.1, 0.15) is 0 Å². The minimum atomic E-state index is 0.252. The highest BCUT2D eigenvalue weighted by atomic mass is 79.9. The fraction of sp³-hybridized carbons (Fsp3) is 0.588. The van der Waals surface area contributed by atoms with Gasteiger partial charge < -0.3 is 10.2 Å². The number of piperidine rings is 1. The number of nitrogens with one attached hydrogen (secondary N) is 1. The highest BCUT2D eigenvalue weighted by molar-refractivity contribution is 9.10. The monoisotopic (exact) mass is 352 g/mol. The minimum absolute atomic E-state index is 0.252. The van der Waals surface area contributed by atoms with E-state index in [9.17, 15) is 4.79 Å². The van der Waals surface area contributed by atoms with Crippen LogP contribution in [0.25, 0.3) is 0 Å². The van der Waals surface area contributed by atoms with Crippen molar-refractivity contribution in [3.8, 4) is 0 Å². The van der Waals surface area contributed by atoms with Gasteiger partial charge in [-0.25, -0.2) is 0 Å². The van der Waals surface area contributed by atoms with Gasteiger partial charge in [-0.2, -0.15) is 0 Å². The van der Waals surface area contributed by atoms with E-state index in [0.29, 0.717) is 18.4 Å². The summed E-state index contributed by atoms with van der Waals surface area (Å²) >= 11 is 3.46. The molecule has 1 unspecified atom stereocenters. The molecule has 0 spiro atoms. The lowest BCUT2D eigenvalue weighted by Gasteiger charge is -2.33. The number of carbonyl (C=O) groups is 1. The Hall–Kier alpha value is -0.870. The molecular formula is C17H25BrN2O. The number of carbonyl (C=O) groups excluding carboxylic acids is 1. The Morgan fingerprint density at radius 2 is 2.29 bits per heavy atom. The number of hydrogen-bond donors (Lipinski definition) is 1. The minimum Gasteiger partial charge on any atom is -0.342 e. The summed E-state index contributed by atoms with van der Waals surface area (Å²) in [4.78, 5) is 14.5. The molecule has 1 N–H and O–H groups in total. The van der Waals surface area contributed by atoms with Crippen LogP contribution in [0.3, 0.4) is 0 Å². The van der Waals surface area contributed by atoms with Gasteiger partial charge in [0.15, 0.2) is 0 Å². The molecule has 1 aromatic rings. The number of benzene rings is 1. The van der Waals surface area contributed by atoms with Crippen LogP contribution in [-0.4, -0.2) is 36.5 Å². The van der Waals surface area contributed by atoms with Crippen molar-refractivity contribution in [2.75, 3.05) is 19.6 Å². The van der Waals surface area contributed by atoms with Crippen LogP contribution in [0, 0.1) is 5.92 Å². The highest BCUT2D eigenvalue weighted by Crippen LogP contribution is 2.18. The van der Waals surface area contributed by atoms with Crippen molar-refractivity contribution in [1.82, 2.24) is 10.2 Å². The summed E-state index contributed by atoms with van der Waals surface area (Å²) < 4.78 is 1.03. The SMILES string of the molecule is CC(C)NCC1CCCN(C(=O)Cc2cccc(Br)c2)C1. The molecule has 1 amide bonds. The van der Waals surface area contributed by atoms with Crippen LogP contribution in [-0.2, 0) is 11.2 Å². The normalized spacial score (nSPS) is 19.0. The molecule has 2 rings (SSSR count).